The summed E-state index contributed by atoms with van der Waals surface area (Å²) in [4.78, 5) is 14.5. The zero-order valence-corrected chi connectivity index (χ0v) is 16.5. The first-order valence-corrected chi connectivity index (χ1v) is 11.1. The highest BCUT2D eigenvalue weighted by Gasteiger charge is 2.27. The largest absolute Gasteiger partial charge is 0.368 e. The predicted octanol–water partition coefficient (Wildman–Crippen LogP) is 2.28. The van der Waals surface area contributed by atoms with E-state index in [-0.39, 0.29) is 18.2 Å². The Labute approximate surface area is 162 Å². The van der Waals surface area contributed by atoms with Gasteiger partial charge in [0, 0.05) is 32.7 Å². The molecule has 1 aromatic heterocycles. The first-order chi connectivity index (χ1) is 12.5. The van der Waals surface area contributed by atoms with Crippen LogP contribution in [-0.2, 0) is 10.0 Å². The summed E-state index contributed by atoms with van der Waals surface area (Å²) in [5, 5.41) is 5.14. The smallest absolute Gasteiger partial charge is 0.261 e. The molecule has 0 bridgehead atoms. The van der Waals surface area contributed by atoms with Gasteiger partial charge in [-0.05, 0) is 23.6 Å². The van der Waals surface area contributed by atoms with Crippen LogP contribution in [0.15, 0.2) is 41.8 Å². The number of thiophene rings is 1. The second-order valence-electron chi connectivity index (χ2n) is 5.89. The van der Waals surface area contributed by atoms with Gasteiger partial charge in [-0.2, -0.15) is 4.31 Å². The van der Waals surface area contributed by atoms with Crippen molar-refractivity contribution in [3.05, 3.63) is 51.7 Å². The van der Waals surface area contributed by atoms with Crippen molar-refractivity contribution in [2.45, 2.75) is 0 Å². The molecule has 0 spiro atoms. The number of nitrogens with zero attached hydrogens (tertiary/aromatic N) is 2. The number of benzene rings is 1. The number of piperazine rings is 1. The number of amides is 1. The third-order valence-electron chi connectivity index (χ3n) is 4.22. The summed E-state index contributed by atoms with van der Waals surface area (Å²) in [6.07, 6.45) is 0. The van der Waals surface area contributed by atoms with Crippen molar-refractivity contribution in [1.29, 1.82) is 0 Å². The number of halogens is 1. The highest BCUT2D eigenvalue weighted by molar-refractivity contribution is 7.89. The normalized spacial score (nSPS) is 15.8. The van der Waals surface area contributed by atoms with E-state index in [1.807, 2.05) is 29.6 Å². The second-order valence-corrected chi connectivity index (χ2v) is 9.33. The van der Waals surface area contributed by atoms with Gasteiger partial charge in [-0.25, -0.2) is 8.42 Å². The van der Waals surface area contributed by atoms with Gasteiger partial charge >= 0.3 is 0 Å². The Morgan fingerprint density at radius 3 is 2.50 bits per heavy atom. The number of carbonyl (C=O) groups is 1. The van der Waals surface area contributed by atoms with Crippen LogP contribution in [0.25, 0.3) is 0 Å². The summed E-state index contributed by atoms with van der Waals surface area (Å²) < 4.78 is 26.5. The molecule has 6 nitrogen and oxygen atoms in total. The summed E-state index contributed by atoms with van der Waals surface area (Å²) in [6.45, 7) is 2.09. The van der Waals surface area contributed by atoms with Gasteiger partial charge in [-0.1, -0.05) is 29.8 Å². The lowest BCUT2D eigenvalue weighted by Crippen LogP contribution is -2.50. The number of anilines is 1. The van der Waals surface area contributed by atoms with E-state index in [0.29, 0.717) is 36.1 Å². The number of sulfonamides is 1. The summed E-state index contributed by atoms with van der Waals surface area (Å²) in [5.41, 5.74) is 0.925. The van der Waals surface area contributed by atoms with E-state index in [2.05, 4.69) is 10.2 Å². The lowest BCUT2D eigenvalue weighted by Gasteiger charge is -2.35. The van der Waals surface area contributed by atoms with Gasteiger partial charge < -0.3 is 10.2 Å². The lowest BCUT2D eigenvalue weighted by molar-refractivity contribution is 0.0960. The Hall–Kier alpha value is -1.61. The highest BCUT2D eigenvalue weighted by Crippen LogP contribution is 2.26. The summed E-state index contributed by atoms with van der Waals surface area (Å²) in [7, 11) is -3.40. The van der Waals surface area contributed by atoms with Crippen molar-refractivity contribution in [3.8, 4) is 0 Å². The highest BCUT2D eigenvalue weighted by atomic mass is 35.5. The number of rotatable bonds is 6. The third-order valence-corrected chi connectivity index (χ3v) is 7.28. The maximum Gasteiger partial charge on any atom is 0.261 e. The van der Waals surface area contributed by atoms with E-state index in [4.69, 9.17) is 11.6 Å². The van der Waals surface area contributed by atoms with Crippen LogP contribution >= 0.6 is 22.9 Å². The molecule has 1 aliphatic rings. The van der Waals surface area contributed by atoms with E-state index < -0.39 is 10.0 Å². The molecule has 1 fully saturated rings. The summed E-state index contributed by atoms with van der Waals surface area (Å²) in [5.74, 6) is -0.338. The Morgan fingerprint density at radius 2 is 1.85 bits per heavy atom. The Balaban J connectivity index is 1.50. The minimum atomic E-state index is -3.40. The molecule has 1 amide bonds. The zero-order valence-electron chi connectivity index (χ0n) is 14.1. The minimum absolute atomic E-state index is 0.101. The fraction of sp³-hybridized carbons (Fsp3) is 0.353. The molecule has 1 saturated heterocycles. The van der Waals surface area contributed by atoms with Crippen molar-refractivity contribution < 1.29 is 13.2 Å². The Bertz CT molecular complexity index is 848. The molecule has 2 aromatic rings. The minimum Gasteiger partial charge on any atom is -0.368 e. The number of carbonyl (C=O) groups excluding carboxylic acids is 1. The predicted molar refractivity (Wildman–Crippen MR) is 106 cm³/mol. The molecular formula is C17H20ClN3O3S2. The molecule has 0 aliphatic carbocycles. The molecule has 0 atom stereocenters. The van der Waals surface area contributed by atoms with Crippen molar-refractivity contribution in [2.24, 2.45) is 0 Å². The van der Waals surface area contributed by atoms with Crippen LogP contribution in [0.3, 0.4) is 0 Å². The quantitative estimate of drug-likeness (QED) is 0.788. The standard InChI is InChI=1S/C17H20ClN3O3S2/c18-14-4-1-2-5-15(14)20-8-10-21(11-9-20)26(23,24)13-7-19-17(22)16-6-3-12-25-16/h1-6,12H,7-11,13H2,(H,19,22). The first-order valence-electron chi connectivity index (χ1n) is 8.26. The maximum atomic E-state index is 12.5. The number of hydrogen-bond acceptors (Lipinski definition) is 5. The molecule has 26 heavy (non-hydrogen) atoms. The molecule has 1 aliphatic heterocycles. The van der Waals surface area contributed by atoms with Crippen LogP contribution in [-0.4, -0.2) is 57.1 Å². The van der Waals surface area contributed by atoms with Gasteiger partial charge in [-0.3, -0.25) is 4.79 Å². The second kappa shape index (κ2) is 8.39. The molecule has 140 valence electrons. The Morgan fingerprint density at radius 1 is 1.12 bits per heavy atom. The molecule has 2 heterocycles. The SMILES string of the molecule is O=C(NCCS(=O)(=O)N1CCN(c2ccccc2Cl)CC1)c1cccs1. The van der Waals surface area contributed by atoms with Crippen LogP contribution in [0.4, 0.5) is 5.69 Å². The molecule has 0 saturated carbocycles. The number of hydrogen-bond donors (Lipinski definition) is 1. The van der Waals surface area contributed by atoms with E-state index in [0.717, 1.165) is 5.69 Å². The molecule has 9 heteroatoms. The maximum absolute atomic E-state index is 12.5. The average Bonchev–Trinajstić information content (AvgIpc) is 3.17. The molecule has 3 rings (SSSR count). The van der Waals surface area contributed by atoms with Crippen LogP contribution in [0.1, 0.15) is 9.67 Å². The molecule has 1 aromatic carbocycles. The lowest BCUT2D eigenvalue weighted by atomic mass is 10.2. The monoisotopic (exact) mass is 413 g/mol. The van der Waals surface area contributed by atoms with Crippen LogP contribution < -0.4 is 10.2 Å². The van der Waals surface area contributed by atoms with Crippen LogP contribution in [0.5, 0.6) is 0 Å². The van der Waals surface area contributed by atoms with Gasteiger partial charge in [0.2, 0.25) is 10.0 Å². The van der Waals surface area contributed by atoms with E-state index in [1.165, 1.54) is 15.6 Å². The molecular weight excluding hydrogens is 394 g/mol. The third kappa shape index (κ3) is 4.56. The summed E-state index contributed by atoms with van der Waals surface area (Å²) in [6, 6.07) is 11.1. The fourth-order valence-electron chi connectivity index (χ4n) is 2.83. The van der Waals surface area contributed by atoms with Gasteiger partial charge in [0.05, 0.1) is 21.3 Å². The van der Waals surface area contributed by atoms with Crippen molar-refractivity contribution in [1.82, 2.24) is 9.62 Å². The molecule has 0 unspecified atom stereocenters. The van der Waals surface area contributed by atoms with Crippen molar-refractivity contribution in [2.75, 3.05) is 43.4 Å². The Kier molecular flexibility index (Phi) is 6.18. The van der Waals surface area contributed by atoms with Gasteiger partial charge in [0.25, 0.3) is 5.91 Å². The fourth-order valence-corrected chi connectivity index (χ4v) is 5.07. The van der Waals surface area contributed by atoms with E-state index in [1.54, 1.807) is 12.1 Å². The number of para-hydroxylation sites is 1. The average molecular weight is 414 g/mol. The van der Waals surface area contributed by atoms with Gasteiger partial charge in [0.15, 0.2) is 0 Å². The van der Waals surface area contributed by atoms with Crippen molar-refractivity contribution in [3.63, 3.8) is 0 Å². The molecule has 0 radical (unpaired) electrons. The number of nitrogens with one attached hydrogen (secondary N) is 1. The van der Waals surface area contributed by atoms with Crippen LogP contribution in [0, 0.1) is 0 Å². The van der Waals surface area contributed by atoms with Crippen LogP contribution in [0.2, 0.25) is 5.02 Å². The van der Waals surface area contributed by atoms with Crippen molar-refractivity contribution >= 4 is 44.6 Å². The van der Waals surface area contributed by atoms with Gasteiger partial charge in [0.1, 0.15) is 0 Å². The topological polar surface area (TPSA) is 69.7 Å². The molecule has 1 N–H and O–H groups in total. The zero-order chi connectivity index (χ0) is 18.6. The first kappa shape index (κ1) is 19.2. The summed E-state index contributed by atoms with van der Waals surface area (Å²) >= 11 is 7.54. The van der Waals surface area contributed by atoms with Gasteiger partial charge in [-0.15, -0.1) is 11.3 Å². The van der Waals surface area contributed by atoms with E-state index >= 15 is 0 Å². The van der Waals surface area contributed by atoms with E-state index in [9.17, 15) is 13.2 Å².